The zero-order valence-electron chi connectivity index (χ0n) is 8.39. The number of allylic oxidation sites excluding steroid dienone is 4. The lowest BCUT2D eigenvalue weighted by Crippen LogP contribution is -2.09. The molecule has 0 aliphatic heterocycles. The first kappa shape index (κ1) is 11.0. The third-order valence-corrected chi connectivity index (χ3v) is 1.61. The molecule has 1 N–H and O–H groups in total. The SMILES string of the molecule is C=C/C(O)=C(\C=C\C)C(C)(C)C. The predicted molar refractivity (Wildman–Crippen MR) is 54.1 cm³/mol. The van der Waals surface area contributed by atoms with Crippen LogP contribution in [0.2, 0.25) is 0 Å². The molecule has 68 valence electrons. The van der Waals surface area contributed by atoms with Gasteiger partial charge in [-0.1, -0.05) is 39.5 Å². The van der Waals surface area contributed by atoms with Gasteiger partial charge in [0.1, 0.15) is 5.76 Å². The molecule has 0 amide bonds. The van der Waals surface area contributed by atoms with Crippen molar-refractivity contribution in [2.75, 3.05) is 0 Å². The Morgan fingerprint density at radius 1 is 1.33 bits per heavy atom. The van der Waals surface area contributed by atoms with E-state index in [0.29, 0.717) is 0 Å². The first-order chi connectivity index (χ1) is 5.43. The molecule has 0 aromatic heterocycles. The van der Waals surface area contributed by atoms with Crippen LogP contribution in [-0.2, 0) is 0 Å². The van der Waals surface area contributed by atoms with E-state index in [4.69, 9.17) is 0 Å². The maximum Gasteiger partial charge on any atom is 0.118 e. The maximum absolute atomic E-state index is 9.49. The summed E-state index contributed by atoms with van der Waals surface area (Å²) >= 11 is 0. The van der Waals surface area contributed by atoms with E-state index in [-0.39, 0.29) is 11.2 Å². The smallest absolute Gasteiger partial charge is 0.118 e. The number of hydrogen-bond donors (Lipinski definition) is 1. The van der Waals surface area contributed by atoms with Gasteiger partial charge in [-0.15, -0.1) is 0 Å². The quantitative estimate of drug-likeness (QED) is 0.491. The average Bonchev–Trinajstić information content (AvgIpc) is 1.96. The predicted octanol–water partition coefficient (Wildman–Crippen LogP) is 3.61. The minimum atomic E-state index is -0.0369. The molecule has 0 radical (unpaired) electrons. The summed E-state index contributed by atoms with van der Waals surface area (Å²) in [6, 6.07) is 0. The largest absolute Gasteiger partial charge is 0.508 e. The first-order valence-corrected chi connectivity index (χ1v) is 4.12. The van der Waals surface area contributed by atoms with Gasteiger partial charge in [-0.25, -0.2) is 0 Å². The Morgan fingerprint density at radius 3 is 2.08 bits per heavy atom. The summed E-state index contributed by atoms with van der Waals surface area (Å²) in [5.41, 5.74) is 0.880. The molecule has 0 spiro atoms. The molecule has 0 atom stereocenters. The summed E-state index contributed by atoms with van der Waals surface area (Å²) in [7, 11) is 0. The fraction of sp³-hybridized carbons (Fsp3) is 0.455. The second-order valence-corrected chi connectivity index (χ2v) is 3.75. The topological polar surface area (TPSA) is 20.2 Å². The lowest BCUT2D eigenvalue weighted by Gasteiger charge is -2.20. The van der Waals surface area contributed by atoms with Crippen molar-refractivity contribution in [2.24, 2.45) is 5.41 Å². The van der Waals surface area contributed by atoms with Crippen LogP contribution >= 0.6 is 0 Å². The number of rotatable bonds is 2. The van der Waals surface area contributed by atoms with E-state index in [0.717, 1.165) is 5.57 Å². The van der Waals surface area contributed by atoms with Crippen molar-refractivity contribution in [3.05, 3.63) is 36.1 Å². The lowest BCUT2D eigenvalue weighted by molar-refractivity contribution is 0.397. The van der Waals surface area contributed by atoms with Crippen LogP contribution in [0.25, 0.3) is 0 Å². The molecule has 0 aromatic rings. The third-order valence-electron chi connectivity index (χ3n) is 1.61. The highest BCUT2D eigenvalue weighted by molar-refractivity contribution is 5.31. The van der Waals surface area contributed by atoms with Crippen molar-refractivity contribution in [2.45, 2.75) is 27.7 Å². The Bertz CT molecular complexity index is 214. The van der Waals surface area contributed by atoms with Gasteiger partial charge in [0.05, 0.1) is 0 Å². The van der Waals surface area contributed by atoms with Crippen LogP contribution in [0.4, 0.5) is 0 Å². The summed E-state index contributed by atoms with van der Waals surface area (Å²) in [4.78, 5) is 0. The van der Waals surface area contributed by atoms with Crippen molar-refractivity contribution >= 4 is 0 Å². The highest BCUT2D eigenvalue weighted by Gasteiger charge is 2.17. The molecule has 0 heterocycles. The zero-order chi connectivity index (χ0) is 9.78. The van der Waals surface area contributed by atoms with Crippen LogP contribution in [0.1, 0.15) is 27.7 Å². The molecule has 12 heavy (non-hydrogen) atoms. The number of hydrogen-bond acceptors (Lipinski definition) is 1. The summed E-state index contributed by atoms with van der Waals surface area (Å²) in [5.74, 6) is 0.264. The molecule has 0 aromatic carbocycles. The van der Waals surface area contributed by atoms with Gasteiger partial charge in [0.15, 0.2) is 0 Å². The van der Waals surface area contributed by atoms with E-state index >= 15 is 0 Å². The minimum Gasteiger partial charge on any atom is -0.508 e. The van der Waals surface area contributed by atoms with Crippen LogP contribution in [-0.4, -0.2) is 5.11 Å². The van der Waals surface area contributed by atoms with Gasteiger partial charge < -0.3 is 5.11 Å². The van der Waals surface area contributed by atoms with Gasteiger partial charge in [-0.3, -0.25) is 0 Å². The Hall–Kier alpha value is -0.980. The van der Waals surface area contributed by atoms with Gasteiger partial charge in [-0.05, 0) is 24.0 Å². The summed E-state index contributed by atoms with van der Waals surface area (Å²) < 4.78 is 0. The van der Waals surface area contributed by atoms with Crippen molar-refractivity contribution < 1.29 is 5.11 Å². The fourth-order valence-corrected chi connectivity index (χ4v) is 0.996. The van der Waals surface area contributed by atoms with Gasteiger partial charge >= 0.3 is 0 Å². The Morgan fingerprint density at radius 2 is 1.83 bits per heavy atom. The fourth-order valence-electron chi connectivity index (χ4n) is 0.996. The summed E-state index contributed by atoms with van der Waals surface area (Å²) in [6.45, 7) is 11.6. The Kier molecular flexibility index (Phi) is 3.81. The first-order valence-electron chi connectivity index (χ1n) is 4.12. The van der Waals surface area contributed by atoms with Gasteiger partial charge in [0.2, 0.25) is 0 Å². The van der Waals surface area contributed by atoms with Crippen LogP contribution in [0.5, 0.6) is 0 Å². The molecule has 0 saturated carbocycles. The van der Waals surface area contributed by atoms with Crippen molar-refractivity contribution in [3.8, 4) is 0 Å². The molecule has 1 heteroatoms. The van der Waals surface area contributed by atoms with E-state index in [9.17, 15) is 5.11 Å². The lowest BCUT2D eigenvalue weighted by atomic mass is 9.85. The zero-order valence-corrected chi connectivity index (χ0v) is 8.39. The highest BCUT2D eigenvalue weighted by Crippen LogP contribution is 2.28. The van der Waals surface area contributed by atoms with E-state index in [1.807, 2.05) is 19.1 Å². The van der Waals surface area contributed by atoms with Crippen LogP contribution < -0.4 is 0 Å². The normalized spacial score (nSPS) is 14.7. The van der Waals surface area contributed by atoms with Crippen molar-refractivity contribution in [1.82, 2.24) is 0 Å². The summed E-state index contributed by atoms with van der Waals surface area (Å²) in [6.07, 6.45) is 5.30. The molecule has 0 aliphatic carbocycles. The second-order valence-electron chi connectivity index (χ2n) is 3.75. The van der Waals surface area contributed by atoms with Crippen LogP contribution in [0, 0.1) is 5.41 Å². The molecule has 0 aliphatic rings. The molecule has 0 saturated heterocycles. The molecule has 0 bridgehead atoms. The van der Waals surface area contributed by atoms with Gasteiger partial charge in [0, 0.05) is 0 Å². The Balaban J connectivity index is 5.05. The Labute approximate surface area is 75.1 Å². The van der Waals surface area contributed by atoms with E-state index in [1.54, 1.807) is 0 Å². The van der Waals surface area contributed by atoms with E-state index in [1.165, 1.54) is 6.08 Å². The molecule has 1 nitrogen and oxygen atoms in total. The standard InChI is InChI=1S/C11H18O/c1-6-8-9(10(12)7-2)11(3,4)5/h6-8,12H,2H2,1,3-5H3/b8-6+,10-9-. The van der Waals surface area contributed by atoms with Crippen molar-refractivity contribution in [3.63, 3.8) is 0 Å². The molecule has 0 rings (SSSR count). The number of aliphatic hydroxyl groups is 1. The van der Waals surface area contributed by atoms with Gasteiger partial charge in [-0.2, -0.15) is 0 Å². The minimum absolute atomic E-state index is 0.0369. The highest BCUT2D eigenvalue weighted by atomic mass is 16.3. The maximum atomic E-state index is 9.49. The van der Waals surface area contributed by atoms with E-state index < -0.39 is 0 Å². The van der Waals surface area contributed by atoms with Crippen LogP contribution in [0.3, 0.4) is 0 Å². The number of aliphatic hydroxyl groups excluding tert-OH is 1. The molecular weight excluding hydrogens is 148 g/mol. The van der Waals surface area contributed by atoms with E-state index in [2.05, 4.69) is 27.4 Å². The third kappa shape index (κ3) is 2.95. The molecule has 0 fully saturated rings. The monoisotopic (exact) mass is 166 g/mol. The average molecular weight is 166 g/mol. The van der Waals surface area contributed by atoms with Gasteiger partial charge in [0.25, 0.3) is 0 Å². The molecule has 0 unspecified atom stereocenters. The van der Waals surface area contributed by atoms with Crippen molar-refractivity contribution in [1.29, 1.82) is 0 Å². The second kappa shape index (κ2) is 4.15. The molecular formula is C11H18O. The summed E-state index contributed by atoms with van der Waals surface area (Å²) in [5, 5.41) is 9.49. The van der Waals surface area contributed by atoms with Crippen LogP contribution in [0.15, 0.2) is 36.1 Å².